The van der Waals surface area contributed by atoms with E-state index in [1.165, 1.54) is 0 Å². The lowest BCUT2D eigenvalue weighted by Crippen LogP contribution is -2.57. The third-order valence-corrected chi connectivity index (χ3v) is 9.93. The summed E-state index contributed by atoms with van der Waals surface area (Å²) in [6.45, 7) is 5.63. The van der Waals surface area contributed by atoms with Crippen LogP contribution < -0.4 is 21.3 Å². The first-order valence-electron chi connectivity index (χ1n) is 12.7. The molecule has 9 unspecified atom stereocenters. The van der Waals surface area contributed by atoms with Gasteiger partial charge in [-0.3, -0.25) is 20.2 Å². The van der Waals surface area contributed by atoms with E-state index in [0.717, 1.165) is 25.7 Å². The maximum Gasteiger partial charge on any atom is 0.251 e. The van der Waals surface area contributed by atoms with Crippen LogP contribution in [0.4, 0.5) is 0 Å². The second kappa shape index (κ2) is 10.8. The molecule has 0 spiro atoms. The normalized spacial score (nSPS) is 44.7. The van der Waals surface area contributed by atoms with Gasteiger partial charge in [0.25, 0.3) is 5.91 Å². The predicted octanol–water partition coefficient (Wildman–Crippen LogP) is 0.285. The van der Waals surface area contributed by atoms with Crippen LogP contribution in [0.3, 0.4) is 0 Å². The number of rotatable bonds is 5. The molecule has 5 aliphatic heterocycles. The van der Waals surface area contributed by atoms with Crippen molar-refractivity contribution < 1.29 is 19.1 Å². The quantitative estimate of drug-likeness (QED) is 0.306. The highest BCUT2D eigenvalue weighted by Crippen LogP contribution is 2.38. The van der Waals surface area contributed by atoms with Gasteiger partial charge in [0.05, 0.1) is 17.5 Å². The summed E-state index contributed by atoms with van der Waals surface area (Å²) in [5.74, 6) is 0.541. The zero-order valence-electron chi connectivity index (χ0n) is 20.0. The molecule has 0 aromatic carbocycles. The second-order valence-corrected chi connectivity index (χ2v) is 12.3. The first kappa shape index (κ1) is 25.0. The Kier molecular flexibility index (Phi) is 7.94. The van der Waals surface area contributed by atoms with Crippen molar-refractivity contribution in [3.8, 4) is 0 Å². The van der Waals surface area contributed by atoms with E-state index in [2.05, 4.69) is 28.2 Å². The lowest BCUT2D eigenvalue weighted by Gasteiger charge is -2.45. The summed E-state index contributed by atoms with van der Waals surface area (Å²) in [7, 11) is 1.75. The molecule has 5 aliphatic rings. The maximum absolute atomic E-state index is 13.5. The number of thioether (sulfide) groups is 1. The fraction of sp³-hybridized carbons (Fsp3) is 0.913. The minimum Gasteiger partial charge on any atom is -0.380 e. The number of hydrogen-bond donors (Lipinski definition) is 4. The zero-order chi connectivity index (χ0) is 23.8. The molecule has 5 rings (SSSR count). The van der Waals surface area contributed by atoms with E-state index >= 15 is 0 Å². The fourth-order valence-electron chi connectivity index (χ4n) is 6.42. The van der Waals surface area contributed by atoms with Gasteiger partial charge in [-0.2, -0.15) is 0 Å². The van der Waals surface area contributed by atoms with Gasteiger partial charge in [-0.05, 0) is 44.4 Å². The number of hydrogen-bond acceptors (Lipinski definition) is 8. The number of carbonyl (C=O) groups excluding carboxylic acids is 2. The molecule has 5 saturated heterocycles. The van der Waals surface area contributed by atoms with E-state index < -0.39 is 0 Å². The highest BCUT2D eigenvalue weighted by molar-refractivity contribution is 8.00. The first-order chi connectivity index (χ1) is 16.4. The SMILES string of the molecule is COC1CNC(Cl)CC1C1CC(C)NCC1C(=O)NC1NC2CN(C(=O)[C@@H]3CCCO3)CC2S1. The third-order valence-electron chi connectivity index (χ3n) is 8.25. The van der Waals surface area contributed by atoms with E-state index in [1.54, 1.807) is 18.9 Å². The summed E-state index contributed by atoms with van der Waals surface area (Å²) >= 11 is 8.18. The van der Waals surface area contributed by atoms with Crippen LogP contribution in [0, 0.1) is 17.8 Å². The summed E-state index contributed by atoms with van der Waals surface area (Å²) in [6.07, 6.45) is 3.31. The molecule has 5 heterocycles. The molecule has 0 aromatic heterocycles. The number of halogens is 1. The monoisotopic (exact) mass is 515 g/mol. The minimum absolute atomic E-state index is 0.0614. The molecule has 34 heavy (non-hydrogen) atoms. The molecule has 0 radical (unpaired) electrons. The molecule has 4 N–H and O–H groups in total. The Hall–Kier alpha value is -0.620. The van der Waals surface area contributed by atoms with E-state index in [1.807, 2.05) is 4.90 Å². The summed E-state index contributed by atoms with van der Waals surface area (Å²) in [6, 6.07) is 0.557. The number of fused-ring (bicyclic) bond motifs is 1. The van der Waals surface area contributed by atoms with E-state index in [0.29, 0.717) is 38.8 Å². The molecule has 0 bridgehead atoms. The van der Waals surface area contributed by atoms with Crippen LogP contribution in [0.2, 0.25) is 0 Å². The topological polar surface area (TPSA) is 104 Å². The number of nitrogens with one attached hydrogen (secondary N) is 4. The van der Waals surface area contributed by atoms with Crippen molar-refractivity contribution in [1.82, 2.24) is 26.2 Å². The van der Waals surface area contributed by atoms with Crippen molar-refractivity contribution in [3.05, 3.63) is 0 Å². The Morgan fingerprint density at radius 1 is 1.18 bits per heavy atom. The average Bonchev–Trinajstić information content (AvgIpc) is 3.55. The number of alkyl halides is 1. The van der Waals surface area contributed by atoms with Gasteiger partial charge in [-0.25, -0.2) is 0 Å². The van der Waals surface area contributed by atoms with Crippen LogP contribution in [-0.4, -0.2) is 97.2 Å². The van der Waals surface area contributed by atoms with Crippen LogP contribution in [-0.2, 0) is 19.1 Å². The molecule has 11 heteroatoms. The number of ether oxygens (including phenoxy) is 2. The lowest BCUT2D eigenvalue weighted by molar-refractivity contribution is -0.140. The summed E-state index contributed by atoms with van der Waals surface area (Å²) in [5, 5.41) is 13.9. The Balaban J connectivity index is 1.17. The van der Waals surface area contributed by atoms with Gasteiger partial charge in [0.2, 0.25) is 5.91 Å². The smallest absolute Gasteiger partial charge is 0.251 e. The molecule has 5 fully saturated rings. The Morgan fingerprint density at radius 3 is 2.76 bits per heavy atom. The third kappa shape index (κ3) is 5.23. The number of likely N-dealkylation sites (tertiary alicyclic amines) is 1. The summed E-state index contributed by atoms with van der Waals surface area (Å²) in [5.41, 5.74) is -0.216. The molecule has 10 atom stereocenters. The average molecular weight is 516 g/mol. The van der Waals surface area contributed by atoms with Gasteiger partial charge in [0, 0.05) is 57.2 Å². The minimum atomic E-state index is -0.268. The zero-order valence-corrected chi connectivity index (χ0v) is 21.6. The van der Waals surface area contributed by atoms with Gasteiger partial charge < -0.3 is 25.0 Å². The molecular weight excluding hydrogens is 478 g/mol. The molecule has 0 saturated carbocycles. The standard InChI is InChI=1S/C23H38ClN5O4S/c1-12-6-13(14-7-20(24)26-9-18(14)32-2)15(8-25-12)21(30)28-23-27-16-10-29(11-19(16)34-23)22(31)17-4-3-5-33-17/h12-20,23,25-27H,3-11H2,1-2H3,(H,28,30)/t12?,13?,14?,15?,16?,17-,18?,19?,20?,23?/m0/s1. The van der Waals surface area contributed by atoms with Crippen molar-refractivity contribution >= 4 is 35.2 Å². The Bertz CT molecular complexity index is 745. The van der Waals surface area contributed by atoms with Crippen molar-refractivity contribution in [1.29, 1.82) is 0 Å². The first-order valence-corrected chi connectivity index (χ1v) is 14.1. The van der Waals surface area contributed by atoms with Crippen molar-refractivity contribution in [2.24, 2.45) is 17.8 Å². The van der Waals surface area contributed by atoms with Gasteiger partial charge in [0.15, 0.2) is 0 Å². The number of nitrogens with zero attached hydrogens (tertiary/aromatic N) is 1. The van der Waals surface area contributed by atoms with Gasteiger partial charge >= 0.3 is 0 Å². The van der Waals surface area contributed by atoms with Gasteiger partial charge in [-0.1, -0.05) is 0 Å². The number of piperidine rings is 2. The summed E-state index contributed by atoms with van der Waals surface area (Å²) in [4.78, 5) is 28.1. The van der Waals surface area contributed by atoms with E-state index in [9.17, 15) is 9.59 Å². The van der Waals surface area contributed by atoms with Gasteiger partial charge in [0.1, 0.15) is 11.6 Å². The summed E-state index contributed by atoms with van der Waals surface area (Å²) < 4.78 is 11.4. The molecule has 9 nitrogen and oxygen atoms in total. The molecule has 0 aliphatic carbocycles. The molecule has 2 amide bonds. The highest BCUT2D eigenvalue weighted by Gasteiger charge is 2.47. The largest absolute Gasteiger partial charge is 0.380 e. The van der Waals surface area contributed by atoms with E-state index in [-0.39, 0.29) is 64.1 Å². The Labute approximate surface area is 211 Å². The highest BCUT2D eigenvalue weighted by atomic mass is 35.5. The number of methoxy groups -OCH3 is 1. The van der Waals surface area contributed by atoms with Crippen LogP contribution in [0.5, 0.6) is 0 Å². The second-order valence-electron chi connectivity index (χ2n) is 10.4. The van der Waals surface area contributed by atoms with Crippen molar-refractivity contribution in [3.63, 3.8) is 0 Å². The predicted molar refractivity (Wildman–Crippen MR) is 131 cm³/mol. The van der Waals surface area contributed by atoms with Crippen molar-refractivity contribution in [2.75, 3.05) is 39.9 Å². The van der Waals surface area contributed by atoms with Gasteiger partial charge in [-0.15, -0.1) is 23.4 Å². The maximum atomic E-state index is 13.5. The van der Waals surface area contributed by atoms with Crippen LogP contribution in [0.1, 0.15) is 32.6 Å². The van der Waals surface area contributed by atoms with Crippen molar-refractivity contribution in [2.45, 2.75) is 73.1 Å². The Morgan fingerprint density at radius 2 is 2.03 bits per heavy atom. The molecule has 192 valence electrons. The van der Waals surface area contributed by atoms with Crippen LogP contribution in [0.25, 0.3) is 0 Å². The fourth-order valence-corrected chi connectivity index (χ4v) is 8.12. The molecule has 0 aromatic rings. The van der Waals surface area contributed by atoms with E-state index in [4.69, 9.17) is 21.1 Å². The number of amides is 2. The van der Waals surface area contributed by atoms with Crippen LogP contribution in [0.15, 0.2) is 0 Å². The molecular formula is C23H38ClN5O4S. The number of carbonyl (C=O) groups is 2. The lowest BCUT2D eigenvalue weighted by atomic mass is 9.70. The van der Waals surface area contributed by atoms with Crippen LogP contribution >= 0.6 is 23.4 Å².